The van der Waals surface area contributed by atoms with E-state index in [0.29, 0.717) is 18.7 Å². The standard InChI is InChI=1S/C12H17FN2O/c13-12-9(3-1-5-11(12)14)7-15-6-2-4-10(16)8-15/h1,3,5,10,16H,2,4,6-8,14H2. The number of likely N-dealkylation sites (tertiary alicyclic amines) is 1. The third-order valence-electron chi connectivity index (χ3n) is 2.98. The van der Waals surface area contributed by atoms with Crippen LogP contribution in [0.2, 0.25) is 0 Å². The van der Waals surface area contributed by atoms with Crippen molar-refractivity contribution >= 4 is 5.69 Å². The van der Waals surface area contributed by atoms with E-state index in [9.17, 15) is 9.50 Å². The Labute approximate surface area is 94.7 Å². The Balaban J connectivity index is 2.05. The first-order valence-electron chi connectivity index (χ1n) is 5.60. The predicted molar refractivity (Wildman–Crippen MR) is 61.3 cm³/mol. The van der Waals surface area contributed by atoms with Crippen LogP contribution in [0.5, 0.6) is 0 Å². The average Bonchev–Trinajstić information content (AvgIpc) is 2.25. The molecule has 1 heterocycles. The van der Waals surface area contributed by atoms with E-state index in [1.54, 1.807) is 18.2 Å². The van der Waals surface area contributed by atoms with E-state index >= 15 is 0 Å². The molecule has 3 nitrogen and oxygen atoms in total. The van der Waals surface area contributed by atoms with Gasteiger partial charge in [-0.2, -0.15) is 0 Å². The van der Waals surface area contributed by atoms with Gasteiger partial charge in [-0.3, -0.25) is 4.90 Å². The maximum atomic E-state index is 13.6. The van der Waals surface area contributed by atoms with Crippen LogP contribution in [0.3, 0.4) is 0 Å². The molecule has 0 amide bonds. The molecule has 1 fully saturated rings. The summed E-state index contributed by atoms with van der Waals surface area (Å²) in [6.45, 7) is 2.05. The molecule has 0 aromatic heterocycles. The maximum absolute atomic E-state index is 13.6. The van der Waals surface area contributed by atoms with E-state index in [4.69, 9.17) is 5.73 Å². The zero-order chi connectivity index (χ0) is 11.5. The van der Waals surface area contributed by atoms with Gasteiger partial charge in [-0.1, -0.05) is 12.1 Å². The molecular formula is C12H17FN2O. The normalized spacial score (nSPS) is 22.2. The highest BCUT2D eigenvalue weighted by Crippen LogP contribution is 2.19. The van der Waals surface area contributed by atoms with Crippen molar-refractivity contribution in [1.29, 1.82) is 0 Å². The van der Waals surface area contributed by atoms with Crippen molar-refractivity contribution in [2.24, 2.45) is 0 Å². The molecule has 1 aromatic carbocycles. The van der Waals surface area contributed by atoms with Crippen LogP contribution in [0.25, 0.3) is 0 Å². The molecule has 0 aliphatic carbocycles. The largest absolute Gasteiger partial charge is 0.396 e. The highest BCUT2D eigenvalue weighted by molar-refractivity contribution is 5.42. The number of aliphatic hydroxyl groups excluding tert-OH is 1. The second-order valence-electron chi connectivity index (χ2n) is 4.35. The number of aliphatic hydroxyl groups is 1. The minimum atomic E-state index is -0.331. The lowest BCUT2D eigenvalue weighted by Gasteiger charge is -2.30. The molecule has 0 spiro atoms. The highest BCUT2D eigenvalue weighted by Gasteiger charge is 2.18. The van der Waals surface area contributed by atoms with Gasteiger partial charge in [0, 0.05) is 18.7 Å². The van der Waals surface area contributed by atoms with Crippen LogP contribution in [0.4, 0.5) is 10.1 Å². The van der Waals surface area contributed by atoms with Crippen LogP contribution in [0.15, 0.2) is 18.2 Å². The quantitative estimate of drug-likeness (QED) is 0.746. The number of β-amino-alcohol motifs (C(OH)–C–C–N with tert-alkyl or cyclic N) is 1. The second kappa shape index (κ2) is 4.80. The molecule has 1 aliphatic rings. The first kappa shape index (κ1) is 11.4. The van der Waals surface area contributed by atoms with E-state index in [0.717, 1.165) is 19.4 Å². The van der Waals surface area contributed by atoms with Crippen LogP contribution < -0.4 is 5.73 Å². The number of benzene rings is 1. The summed E-state index contributed by atoms with van der Waals surface area (Å²) in [6.07, 6.45) is 1.53. The summed E-state index contributed by atoms with van der Waals surface area (Å²) in [5.74, 6) is -0.331. The fourth-order valence-electron chi connectivity index (χ4n) is 2.14. The van der Waals surface area contributed by atoms with Crippen molar-refractivity contribution in [1.82, 2.24) is 4.90 Å². The minimum Gasteiger partial charge on any atom is -0.396 e. The summed E-state index contributed by atoms with van der Waals surface area (Å²) >= 11 is 0. The van der Waals surface area contributed by atoms with Crippen molar-refractivity contribution in [3.05, 3.63) is 29.6 Å². The monoisotopic (exact) mass is 224 g/mol. The van der Waals surface area contributed by atoms with E-state index in [1.807, 2.05) is 0 Å². The topological polar surface area (TPSA) is 49.5 Å². The number of hydrogen-bond donors (Lipinski definition) is 2. The third kappa shape index (κ3) is 2.51. The number of nitrogen functional groups attached to an aromatic ring is 1. The molecule has 0 bridgehead atoms. The van der Waals surface area contributed by atoms with Gasteiger partial charge in [0.25, 0.3) is 0 Å². The molecule has 3 N–H and O–H groups in total. The number of hydrogen-bond acceptors (Lipinski definition) is 3. The van der Waals surface area contributed by atoms with Gasteiger partial charge in [0.05, 0.1) is 11.8 Å². The molecule has 16 heavy (non-hydrogen) atoms. The van der Waals surface area contributed by atoms with Gasteiger partial charge in [-0.25, -0.2) is 4.39 Å². The van der Waals surface area contributed by atoms with Crippen molar-refractivity contribution in [2.45, 2.75) is 25.5 Å². The fraction of sp³-hybridized carbons (Fsp3) is 0.500. The van der Waals surface area contributed by atoms with Crippen molar-refractivity contribution < 1.29 is 9.50 Å². The van der Waals surface area contributed by atoms with Crippen LogP contribution in [-0.2, 0) is 6.54 Å². The molecule has 4 heteroatoms. The summed E-state index contributed by atoms with van der Waals surface area (Å²) in [7, 11) is 0. The molecule has 1 aromatic rings. The summed E-state index contributed by atoms with van der Waals surface area (Å²) < 4.78 is 13.6. The second-order valence-corrected chi connectivity index (χ2v) is 4.35. The number of nitrogens with two attached hydrogens (primary N) is 1. The van der Waals surface area contributed by atoms with Gasteiger partial charge in [-0.05, 0) is 25.5 Å². The average molecular weight is 224 g/mol. The Morgan fingerprint density at radius 3 is 3.06 bits per heavy atom. The zero-order valence-electron chi connectivity index (χ0n) is 9.19. The lowest BCUT2D eigenvalue weighted by molar-refractivity contribution is 0.0663. The van der Waals surface area contributed by atoms with Crippen molar-refractivity contribution in [2.75, 3.05) is 18.8 Å². The Kier molecular flexibility index (Phi) is 3.41. The fourth-order valence-corrected chi connectivity index (χ4v) is 2.14. The molecule has 1 unspecified atom stereocenters. The number of rotatable bonds is 2. The van der Waals surface area contributed by atoms with E-state index < -0.39 is 0 Å². The molecule has 88 valence electrons. The Morgan fingerprint density at radius 1 is 1.50 bits per heavy atom. The van der Waals surface area contributed by atoms with Gasteiger partial charge >= 0.3 is 0 Å². The minimum absolute atomic E-state index is 0.190. The summed E-state index contributed by atoms with van der Waals surface area (Å²) in [4.78, 5) is 2.06. The first-order chi connectivity index (χ1) is 7.66. The van der Waals surface area contributed by atoms with Crippen LogP contribution in [0.1, 0.15) is 18.4 Å². The lowest BCUT2D eigenvalue weighted by atomic mass is 10.1. The van der Waals surface area contributed by atoms with E-state index in [-0.39, 0.29) is 17.6 Å². The summed E-state index contributed by atoms with van der Waals surface area (Å²) in [6, 6.07) is 5.06. The molecular weight excluding hydrogens is 207 g/mol. The Morgan fingerprint density at radius 2 is 2.31 bits per heavy atom. The maximum Gasteiger partial charge on any atom is 0.150 e. The van der Waals surface area contributed by atoms with Crippen molar-refractivity contribution in [3.63, 3.8) is 0 Å². The zero-order valence-corrected chi connectivity index (χ0v) is 9.19. The molecule has 2 rings (SSSR count). The molecule has 1 aliphatic heterocycles. The molecule has 1 atom stereocenters. The van der Waals surface area contributed by atoms with Crippen LogP contribution in [0, 0.1) is 5.82 Å². The van der Waals surface area contributed by atoms with Gasteiger partial charge < -0.3 is 10.8 Å². The molecule has 0 radical (unpaired) electrons. The highest BCUT2D eigenvalue weighted by atomic mass is 19.1. The number of piperidine rings is 1. The number of anilines is 1. The predicted octanol–water partition coefficient (Wildman–Crippen LogP) is 1.36. The Bertz CT molecular complexity index is 370. The van der Waals surface area contributed by atoms with Gasteiger partial charge in [0.1, 0.15) is 0 Å². The number of nitrogens with zero attached hydrogens (tertiary/aromatic N) is 1. The smallest absolute Gasteiger partial charge is 0.150 e. The van der Waals surface area contributed by atoms with Gasteiger partial charge in [0.15, 0.2) is 5.82 Å². The molecule has 0 saturated carbocycles. The number of halogens is 1. The van der Waals surface area contributed by atoms with E-state index in [2.05, 4.69) is 4.90 Å². The van der Waals surface area contributed by atoms with Crippen molar-refractivity contribution in [3.8, 4) is 0 Å². The SMILES string of the molecule is Nc1cccc(CN2CCCC(O)C2)c1F. The van der Waals surface area contributed by atoms with Gasteiger partial charge in [0.2, 0.25) is 0 Å². The first-order valence-corrected chi connectivity index (χ1v) is 5.60. The lowest BCUT2D eigenvalue weighted by Crippen LogP contribution is -2.37. The summed E-state index contributed by atoms with van der Waals surface area (Å²) in [5.41, 5.74) is 6.31. The van der Waals surface area contributed by atoms with E-state index in [1.165, 1.54) is 0 Å². The Hall–Kier alpha value is -1.13. The third-order valence-corrected chi connectivity index (χ3v) is 2.98. The van der Waals surface area contributed by atoms with Crippen LogP contribution in [-0.4, -0.2) is 29.2 Å². The van der Waals surface area contributed by atoms with Gasteiger partial charge in [-0.15, -0.1) is 0 Å². The molecule has 1 saturated heterocycles. The van der Waals surface area contributed by atoms with Crippen LogP contribution >= 0.6 is 0 Å². The summed E-state index contributed by atoms with van der Waals surface area (Å²) in [5, 5.41) is 9.52.